The van der Waals surface area contributed by atoms with Crippen LogP contribution in [0.4, 0.5) is 0 Å². The zero-order valence-corrected chi connectivity index (χ0v) is 16.8. The maximum Gasteiger partial charge on any atom is 0.127 e. The van der Waals surface area contributed by atoms with Crippen LogP contribution in [-0.4, -0.2) is 35.3 Å². The molecule has 0 bridgehead atoms. The van der Waals surface area contributed by atoms with Gasteiger partial charge in [0, 0.05) is 18.0 Å². The summed E-state index contributed by atoms with van der Waals surface area (Å²) < 4.78 is 0. The van der Waals surface area contributed by atoms with Gasteiger partial charge in [0.15, 0.2) is 0 Å². The van der Waals surface area contributed by atoms with Crippen molar-refractivity contribution in [3.63, 3.8) is 0 Å². The second-order valence-electron chi connectivity index (χ2n) is 9.19. The average Bonchev–Trinajstić information content (AvgIpc) is 2.47. The third kappa shape index (κ3) is 4.95. The Labute approximate surface area is 150 Å². The molecule has 1 saturated heterocycles. The molecule has 2 fully saturated rings. The Bertz CT molecular complexity index is 408. The second-order valence-corrected chi connectivity index (χ2v) is 9.60. The van der Waals surface area contributed by atoms with Gasteiger partial charge in [0.2, 0.25) is 0 Å². The van der Waals surface area contributed by atoms with Gasteiger partial charge in [-0.1, -0.05) is 45.3 Å². The highest BCUT2D eigenvalue weighted by atomic mass is 32.1. The van der Waals surface area contributed by atoms with Crippen molar-refractivity contribution in [2.24, 2.45) is 23.5 Å². The molecule has 2 rings (SSSR count). The van der Waals surface area contributed by atoms with Crippen LogP contribution in [0.3, 0.4) is 0 Å². The maximum absolute atomic E-state index is 6.68. The van der Waals surface area contributed by atoms with E-state index >= 15 is 0 Å². The Morgan fingerprint density at radius 2 is 1.96 bits per heavy atom. The zero-order chi connectivity index (χ0) is 17.2. The fraction of sp³-hybridized carbons (Fsp3) is 0.947. The van der Waals surface area contributed by atoms with Crippen LogP contribution in [0.15, 0.2) is 0 Å². The summed E-state index contributed by atoms with van der Waals surface area (Å²) in [7, 11) is 2.28. The molecule has 1 heterocycles. The first-order valence-electron chi connectivity index (χ1n) is 9.82. The average molecular weight is 336 g/mol. The summed E-state index contributed by atoms with van der Waals surface area (Å²) >= 11 is 5.98. The number of thiocarbonyl (C=S) groups is 1. The molecule has 4 heteroatoms. The van der Waals surface area contributed by atoms with Gasteiger partial charge in [0.1, 0.15) is 7.85 Å². The summed E-state index contributed by atoms with van der Waals surface area (Å²) in [6.45, 7) is 9.28. The predicted octanol–water partition coefficient (Wildman–Crippen LogP) is 3.72. The van der Waals surface area contributed by atoms with Gasteiger partial charge in [-0.2, -0.15) is 0 Å². The van der Waals surface area contributed by atoms with E-state index < -0.39 is 0 Å². The Hall–Kier alpha value is -0.0851. The first-order valence-corrected chi connectivity index (χ1v) is 10.2. The lowest BCUT2D eigenvalue weighted by atomic mass is 9.65. The summed E-state index contributed by atoms with van der Waals surface area (Å²) in [5.41, 5.74) is 6.67. The van der Waals surface area contributed by atoms with Crippen molar-refractivity contribution in [2.45, 2.75) is 96.6 Å². The predicted molar refractivity (Wildman–Crippen MR) is 108 cm³/mol. The number of nitrogens with zero attached hydrogens (tertiary/aromatic N) is 1. The van der Waals surface area contributed by atoms with E-state index in [1.165, 1.54) is 49.9 Å². The van der Waals surface area contributed by atoms with Crippen molar-refractivity contribution in [2.75, 3.05) is 0 Å². The lowest BCUT2D eigenvalue weighted by Gasteiger charge is -2.50. The van der Waals surface area contributed by atoms with Crippen LogP contribution in [0.1, 0.15) is 79.1 Å². The molecule has 1 aliphatic heterocycles. The first-order chi connectivity index (χ1) is 10.7. The number of hydrogen-bond acceptors (Lipinski definition) is 2. The minimum absolute atomic E-state index is 0.00273. The van der Waals surface area contributed by atoms with E-state index in [4.69, 9.17) is 18.0 Å². The van der Waals surface area contributed by atoms with Crippen LogP contribution in [0, 0.1) is 17.8 Å². The molecule has 4 atom stereocenters. The minimum atomic E-state index is -0.00273. The standard InChI is InChI=1S/C19H37BN2S/c1-13(2)10-15-11-16-12-19(20,21)9-7-5-6-8-17(16)22(14(3)4)18(15)23/h13-17H,5-12,20-21H2,1-4H3. The number of hydrogen-bond donors (Lipinski definition) is 1. The van der Waals surface area contributed by atoms with Crippen molar-refractivity contribution < 1.29 is 0 Å². The van der Waals surface area contributed by atoms with Gasteiger partial charge in [-0.25, -0.2) is 0 Å². The van der Waals surface area contributed by atoms with Crippen LogP contribution in [0.5, 0.6) is 0 Å². The molecule has 0 aromatic heterocycles. The molecule has 0 amide bonds. The third-order valence-electron chi connectivity index (χ3n) is 5.88. The molecular weight excluding hydrogens is 299 g/mol. The molecule has 0 aromatic carbocycles. The van der Waals surface area contributed by atoms with Gasteiger partial charge in [-0.05, 0) is 63.2 Å². The molecule has 2 N–H and O–H groups in total. The molecule has 0 spiro atoms. The van der Waals surface area contributed by atoms with Gasteiger partial charge in [-0.3, -0.25) is 0 Å². The van der Waals surface area contributed by atoms with Crippen LogP contribution < -0.4 is 5.73 Å². The lowest BCUT2D eigenvalue weighted by Crippen LogP contribution is -2.56. The van der Waals surface area contributed by atoms with Gasteiger partial charge in [0.05, 0.1) is 4.99 Å². The van der Waals surface area contributed by atoms with E-state index in [1.807, 2.05) is 0 Å². The Morgan fingerprint density at radius 3 is 2.57 bits per heavy atom. The minimum Gasteiger partial charge on any atom is -0.360 e. The van der Waals surface area contributed by atoms with Crippen LogP contribution in [-0.2, 0) is 0 Å². The molecule has 1 saturated carbocycles. The zero-order valence-electron chi connectivity index (χ0n) is 16.0. The third-order valence-corrected chi connectivity index (χ3v) is 6.43. The van der Waals surface area contributed by atoms with Gasteiger partial charge >= 0.3 is 0 Å². The van der Waals surface area contributed by atoms with Crippen molar-refractivity contribution >= 4 is 25.1 Å². The summed E-state index contributed by atoms with van der Waals surface area (Å²) in [4.78, 5) is 3.85. The SMILES string of the molecule is BC1(N)CCCCCC2C(CC(CC(C)C)C(=S)N2C(C)C)C1. The summed E-state index contributed by atoms with van der Waals surface area (Å²) in [5, 5.41) is 0. The summed E-state index contributed by atoms with van der Waals surface area (Å²) in [6, 6.07) is 1.13. The Morgan fingerprint density at radius 1 is 1.26 bits per heavy atom. The largest absolute Gasteiger partial charge is 0.360 e. The first kappa shape index (κ1) is 19.2. The molecule has 0 aromatic rings. The molecule has 4 unspecified atom stereocenters. The Balaban J connectivity index is 2.28. The van der Waals surface area contributed by atoms with Crippen molar-refractivity contribution in [1.82, 2.24) is 4.90 Å². The molecular formula is C19H37BN2S. The molecule has 2 aliphatic rings. The number of rotatable bonds is 3. The quantitative estimate of drug-likeness (QED) is 0.629. The Kier molecular flexibility index (Phi) is 6.58. The van der Waals surface area contributed by atoms with Gasteiger partial charge in [0.25, 0.3) is 0 Å². The molecule has 2 nitrogen and oxygen atoms in total. The number of fused-ring (bicyclic) bond motifs is 1. The van der Waals surface area contributed by atoms with E-state index in [9.17, 15) is 0 Å². The topological polar surface area (TPSA) is 29.3 Å². The van der Waals surface area contributed by atoms with Gasteiger partial charge in [-0.15, -0.1) is 0 Å². The monoisotopic (exact) mass is 336 g/mol. The van der Waals surface area contributed by atoms with E-state index in [0.29, 0.717) is 29.8 Å². The number of likely N-dealkylation sites (tertiary alicyclic amines) is 1. The van der Waals surface area contributed by atoms with Crippen molar-refractivity contribution in [1.29, 1.82) is 0 Å². The fourth-order valence-electron chi connectivity index (χ4n) is 4.98. The highest BCUT2D eigenvalue weighted by Gasteiger charge is 2.42. The van der Waals surface area contributed by atoms with E-state index in [0.717, 1.165) is 6.42 Å². The molecule has 1 aliphatic carbocycles. The van der Waals surface area contributed by atoms with Crippen molar-refractivity contribution in [3.05, 3.63) is 0 Å². The van der Waals surface area contributed by atoms with E-state index in [1.54, 1.807) is 0 Å². The van der Waals surface area contributed by atoms with E-state index in [2.05, 4.69) is 40.4 Å². The number of piperidine rings is 1. The van der Waals surface area contributed by atoms with Crippen LogP contribution in [0.2, 0.25) is 0 Å². The highest BCUT2D eigenvalue weighted by molar-refractivity contribution is 7.80. The van der Waals surface area contributed by atoms with Crippen LogP contribution in [0.25, 0.3) is 0 Å². The normalized spacial score (nSPS) is 36.6. The van der Waals surface area contributed by atoms with Crippen LogP contribution >= 0.6 is 12.2 Å². The van der Waals surface area contributed by atoms with Crippen molar-refractivity contribution in [3.8, 4) is 0 Å². The summed E-state index contributed by atoms with van der Waals surface area (Å²) in [6.07, 6.45) is 10.1. The second kappa shape index (κ2) is 7.86. The fourth-order valence-corrected chi connectivity index (χ4v) is 5.52. The smallest absolute Gasteiger partial charge is 0.127 e. The molecule has 23 heavy (non-hydrogen) atoms. The van der Waals surface area contributed by atoms with Gasteiger partial charge < -0.3 is 10.6 Å². The maximum atomic E-state index is 6.68. The number of nitrogens with two attached hydrogens (primary N) is 1. The molecule has 132 valence electrons. The van der Waals surface area contributed by atoms with E-state index in [-0.39, 0.29) is 5.44 Å². The highest BCUT2D eigenvalue weighted by Crippen LogP contribution is 2.41. The lowest BCUT2D eigenvalue weighted by molar-refractivity contribution is 0.112. The molecule has 0 radical (unpaired) electrons. The summed E-state index contributed by atoms with van der Waals surface area (Å²) in [5.74, 6) is 2.00.